The van der Waals surface area contributed by atoms with E-state index in [0.717, 1.165) is 11.1 Å². The largest absolute Gasteiger partial charge is 0.293 e. The second-order valence-corrected chi connectivity index (χ2v) is 6.51. The number of hydrogen-bond donors (Lipinski definition) is 0. The van der Waals surface area contributed by atoms with Gasteiger partial charge in [-0.1, -0.05) is 61.8 Å². The van der Waals surface area contributed by atoms with Crippen LogP contribution in [-0.4, -0.2) is 10.6 Å². The van der Waals surface area contributed by atoms with Crippen LogP contribution in [0.3, 0.4) is 0 Å². The Balaban J connectivity index is 3.27. The van der Waals surface area contributed by atoms with Gasteiger partial charge in [-0.15, -0.1) is 0 Å². The van der Waals surface area contributed by atoms with E-state index in [-0.39, 0.29) is 10.6 Å². The summed E-state index contributed by atoms with van der Waals surface area (Å²) < 4.78 is 0. The minimum absolute atomic E-state index is 0.120. The maximum Gasteiger partial charge on any atom is 0.176 e. The van der Waals surface area contributed by atoms with Crippen LogP contribution in [0.25, 0.3) is 0 Å². The van der Waals surface area contributed by atoms with Crippen molar-refractivity contribution in [1.29, 1.82) is 0 Å². The summed E-state index contributed by atoms with van der Waals surface area (Å²) in [5.74, 6) is 1.04. The van der Waals surface area contributed by atoms with E-state index < -0.39 is 0 Å². The zero-order chi connectivity index (χ0) is 13.2. The van der Waals surface area contributed by atoms with Crippen LogP contribution in [0.1, 0.15) is 67.9 Å². The lowest BCUT2D eigenvalue weighted by molar-refractivity contribution is 0.0994. The van der Waals surface area contributed by atoms with E-state index in [1.807, 2.05) is 13.0 Å². The minimum Gasteiger partial charge on any atom is -0.293 e. The van der Waals surface area contributed by atoms with Crippen molar-refractivity contribution < 1.29 is 4.79 Å². The standard InChI is InChI=1S/C15H21BrO/c1-9(2)12-6-7-13(15(17)11(5)16)14(8-12)10(3)4/h6-11H,1-5H3. The Morgan fingerprint density at radius 2 is 1.65 bits per heavy atom. The smallest absolute Gasteiger partial charge is 0.176 e. The molecule has 0 amide bonds. The molecule has 0 fully saturated rings. The Bertz CT molecular complexity index is 405. The van der Waals surface area contributed by atoms with Crippen LogP contribution in [0.4, 0.5) is 0 Å². The first-order chi connectivity index (χ1) is 7.84. The average Bonchev–Trinajstić information content (AvgIpc) is 2.26. The Kier molecular flexibility index (Phi) is 4.93. The van der Waals surface area contributed by atoms with E-state index in [1.165, 1.54) is 5.56 Å². The van der Waals surface area contributed by atoms with Crippen molar-refractivity contribution in [1.82, 2.24) is 0 Å². The van der Waals surface area contributed by atoms with Gasteiger partial charge >= 0.3 is 0 Å². The highest BCUT2D eigenvalue weighted by atomic mass is 79.9. The summed E-state index contributed by atoms with van der Waals surface area (Å²) in [6, 6.07) is 6.22. The highest BCUT2D eigenvalue weighted by Crippen LogP contribution is 2.26. The Hall–Kier alpha value is -0.630. The fraction of sp³-hybridized carbons (Fsp3) is 0.533. The molecule has 94 valence electrons. The van der Waals surface area contributed by atoms with Crippen LogP contribution in [0, 0.1) is 0 Å². The average molecular weight is 297 g/mol. The zero-order valence-corrected chi connectivity index (χ0v) is 12.8. The van der Waals surface area contributed by atoms with Gasteiger partial charge in [0.2, 0.25) is 0 Å². The predicted octanol–water partition coefficient (Wildman–Crippen LogP) is 4.90. The maximum atomic E-state index is 12.1. The quantitative estimate of drug-likeness (QED) is 0.570. The van der Waals surface area contributed by atoms with Gasteiger partial charge in [0.15, 0.2) is 5.78 Å². The summed E-state index contributed by atoms with van der Waals surface area (Å²) in [4.78, 5) is 12.0. The molecule has 17 heavy (non-hydrogen) atoms. The molecule has 1 aromatic rings. The van der Waals surface area contributed by atoms with E-state index in [4.69, 9.17) is 0 Å². The van der Waals surface area contributed by atoms with Gasteiger partial charge in [0.25, 0.3) is 0 Å². The molecule has 0 aliphatic heterocycles. The second kappa shape index (κ2) is 5.81. The van der Waals surface area contributed by atoms with Crippen LogP contribution in [-0.2, 0) is 0 Å². The van der Waals surface area contributed by atoms with Gasteiger partial charge in [0, 0.05) is 5.56 Å². The summed E-state index contributed by atoms with van der Waals surface area (Å²) in [6.45, 7) is 10.5. The fourth-order valence-corrected chi connectivity index (χ4v) is 2.10. The molecule has 1 nitrogen and oxygen atoms in total. The van der Waals surface area contributed by atoms with Gasteiger partial charge in [0.1, 0.15) is 0 Å². The fourth-order valence-electron chi connectivity index (χ4n) is 1.86. The second-order valence-electron chi connectivity index (χ2n) is 5.14. The lowest BCUT2D eigenvalue weighted by Crippen LogP contribution is -2.13. The molecule has 0 heterocycles. The summed E-state index contributed by atoms with van der Waals surface area (Å²) in [7, 11) is 0. The lowest BCUT2D eigenvalue weighted by Gasteiger charge is -2.16. The zero-order valence-electron chi connectivity index (χ0n) is 11.3. The Morgan fingerprint density at radius 1 is 1.06 bits per heavy atom. The van der Waals surface area contributed by atoms with Gasteiger partial charge in [-0.2, -0.15) is 0 Å². The van der Waals surface area contributed by atoms with E-state index in [2.05, 4.69) is 55.8 Å². The molecule has 1 rings (SSSR count). The van der Waals surface area contributed by atoms with Gasteiger partial charge in [0.05, 0.1) is 4.83 Å². The van der Waals surface area contributed by atoms with Crippen LogP contribution < -0.4 is 0 Å². The number of halogens is 1. The van der Waals surface area contributed by atoms with Crippen molar-refractivity contribution in [2.24, 2.45) is 0 Å². The molecule has 0 aromatic heterocycles. The molecule has 0 radical (unpaired) electrons. The topological polar surface area (TPSA) is 17.1 Å². The highest BCUT2D eigenvalue weighted by molar-refractivity contribution is 9.10. The molecule has 2 heteroatoms. The summed E-state index contributed by atoms with van der Waals surface area (Å²) in [6.07, 6.45) is 0. The van der Waals surface area contributed by atoms with Crippen molar-refractivity contribution in [2.45, 2.75) is 51.3 Å². The third-order valence-electron chi connectivity index (χ3n) is 2.99. The van der Waals surface area contributed by atoms with E-state index in [9.17, 15) is 4.79 Å². The van der Waals surface area contributed by atoms with E-state index in [1.54, 1.807) is 0 Å². The van der Waals surface area contributed by atoms with Gasteiger partial charge in [-0.25, -0.2) is 0 Å². The van der Waals surface area contributed by atoms with E-state index in [0.29, 0.717) is 11.8 Å². The van der Waals surface area contributed by atoms with Crippen LogP contribution in [0.2, 0.25) is 0 Å². The lowest BCUT2D eigenvalue weighted by atomic mass is 9.89. The molecule has 0 aliphatic rings. The van der Waals surface area contributed by atoms with Gasteiger partial charge < -0.3 is 0 Å². The number of carbonyl (C=O) groups excluding carboxylic acids is 1. The minimum atomic E-state index is -0.120. The molecule has 0 saturated heterocycles. The van der Waals surface area contributed by atoms with Crippen molar-refractivity contribution >= 4 is 21.7 Å². The van der Waals surface area contributed by atoms with Crippen molar-refractivity contribution in [3.05, 3.63) is 34.9 Å². The number of carbonyl (C=O) groups is 1. The molecule has 0 bridgehead atoms. The number of benzene rings is 1. The number of Topliss-reactive ketones (excluding diaryl/α,β-unsaturated/α-hetero) is 1. The van der Waals surface area contributed by atoms with Gasteiger partial charge in [-0.3, -0.25) is 4.79 Å². The first-order valence-electron chi connectivity index (χ1n) is 6.16. The Morgan fingerprint density at radius 3 is 2.06 bits per heavy atom. The monoisotopic (exact) mass is 296 g/mol. The number of rotatable bonds is 4. The molecule has 0 saturated carbocycles. The molecule has 0 aliphatic carbocycles. The predicted molar refractivity (Wildman–Crippen MR) is 77.3 cm³/mol. The first-order valence-corrected chi connectivity index (χ1v) is 7.08. The molecule has 0 N–H and O–H groups in total. The van der Waals surface area contributed by atoms with Crippen LogP contribution in [0.5, 0.6) is 0 Å². The number of hydrogen-bond acceptors (Lipinski definition) is 1. The third-order valence-corrected chi connectivity index (χ3v) is 3.41. The number of ketones is 1. The first kappa shape index (κ1) is 14.4. The summed E-state index contributed by atoms with van der Waals surface area (Å²) >= 11 is 3.36. The Labute approximate surface area is 113 Å². The SMILES string of the molecule is CC(Br)C(=O)c1ccc(C(C)C)cc1C(C)C. The van der Waals surface area contributed by atoms with Crippen molar-refractivity contribution in [3.8, 4) is 0 Å². The maximum absolute atomic E-state index is 12.1. The van der Waals surface area contributed by atoms with Crippen molar-refractivity contribution in [2.75, 3.05) is 0 Å². The van der Waals surface area contributed by atoms with Gasteiger partial charge in [-0.05, 0) is 29.9 Å². The molecule has 1 aromatic carbocycles. The number of alkyl halides is 1. The normalized spacial score (nSPS) is 13.2. The molecule has 1 unspecified atom stereocenters. The molecular formula is C15H21BrO. The van der Waals surface area contributed by atoms with Crippen LogP contribution >= 0.6 is 15.9 Å². The molecular weight excluding hydrogens is 276 g/mol. The van der Waals surface area contributed by atoms with Crippen molar-refractivity contribution in [3.63, 3.8) is 0 Å². The summed E-state index contributed by atoms with van der Waals surface area (Å²) in [5.41, 5.74) is 3.31. The third kappa shape index (κ3) is 3.41. The molecule has 1 atom stereocenters. The van der Waals surface area contributed by atoms with Crippen LogP contribution in [0.15, 0.2) is 18.2 Å². The molecule has 0 spiro atoms. The highest BCUT2D eigenvalue weighted by Gasteiger charge is 2.18. The summed E-state index contributed by atoms with van der Waals surface area (Å²) in [5, 5.41) is 0. The van der Waals surface area contributed by atoms with E-state index >= 15 is 0 Å².